The second kappa shape index (κ2) is 4.71. The van der Waals surface area contributed by atoms with Crippen LogP contribution in [0.15, 0.2) is 42.5 Å². The summed E-state index contributed by atoms with van der Waals surface area (Å²) in [5, 5.41) is 9.15. The van der Waals surface area contributed by atoms with Gasteiger partial charge in [-0.1, -0.05) is 29.8 Å². The van der Waals surface area contributed by atoms with Crippen molar-refractivity contribution in [1.82, 2.24) is 0 Å². The largest absolute Gasteiger partial charge is 0.497 e. The maximum Gasteiger partial charge on any atom is 0.120 e. The van der Waals surface area contributed by atoms with Crippen LogP contribution in [0.5, 0.6) is 5.75 Å². The predicted octanol–water partition coefficient (Wildman–Crippen LogP) is 3.54. The van der Waals surface area contributed by atoms with Gasteiger partial charge in [-0.3, -0.25) is 0 Å². The van der Waals surface area contributed by atoms with Crippen LogP contribution < -0.4 is 4.74 Å². The van der Waals surface area contributed by atoms with Crippen molar-refractivity contribution in [3.8, 4) is 22.9 Å². The summed E-state index contributed by atoms with van der Waals surface area (Å²) in [7, 11) is 1.60. The van der Waals surface area contributed by atoms with Crippen LogP contribution in [0.1, 0.15) is 11.1 Å². The fourth-order valence-corrected chi connectivity index (χ4v) is 1.73. The van der Waals surface area contributed by atoms with Crippen molar-refractivity contribution in [2.75, 3.05) is 7.11 Å². The summed E-state index contributed by atoms with van der Waals surface area (Å²) in [6, 6.07) is 15.9. The lowest BCUT2D eigenvalue weighted by Gasteiger charge is -2.07. The molecule has 0 fully saturated rings. The molecule has 0 saturated heterocycles. The molecule has 0 aliphatic carbocycles. The normalized spacial score (nSPS) is 9.71. The molecule has 2 nitrogen and oxygen atoms in total. The van der Waals surface area contributed by atoms with Gasteiger partial charge in [-0.05, 0) is 36.2 Å². The van der Waals surface area contributed by atoms with Gasteiger partial charge in [0.1, 0.15) is 5.75 Å². The number of rotatable bonds is 2. The van der Waals surface area contributed by atoms with Crippen LogP contribution in [0, 0.1) is 18.3 Å². The molecule has 0 amide bonds. The fraction of sp³-hybridized carbons (Fsp3) is 0.133. The highest BCUT2D eigenvalue weighted by molar-refractivity contribution is 5.71. The summed E-state index contributed by atoms with van der Waals surface area (Å²) < 4.78 is 5.12. The minimum absolute atomic E-state index is 0.633. The van der Waals surface area contributed by atoms with Crippen LogP contribution >= 0.6 is 0 Å². The highest BCUT2D eigenvalue weighted by atomic mass is 16.5. The third-order valence-electron chi connectivity index (χ3n) is 2.71. The molecule has 84 valence electrons. The predicted molar refractivity (Wildman–Crippen MR) is 67.9 cm³/mol. The van der Waals surface area contributed by atoms with Crippen LogP contribution in [0.4, 0.5) is 0 Å². The van der Waals surface area contributed by atoms with Gasteiger partial charge in [0, 0.05) is 0 Å². The van der Waals surface area contributed by atoms with E-state index in [1.807, 2.05) is 43.3 Å². The Labute approximate surface area is 101 Å². The molecule has 0 aromatic heterocycles. The zero-order chi connectivity index (χ0) is 12.3. The van der Waals surface area contributed by atoms with Crippen molar-refractivity contribution in [1.29, 1.82) is 5.26 Å². The van der Waals surface area contributed by atoms with E-state index in [0.717, 1.165) is 11.1 Å². The van der Waals surface area contributed by atoms with Crippen molar-refractivity contribution in [3.63, 3.8) is 0 Å². The van der Waals surface area contributed by atoms with E-state index < -0.39 is 0 Å². The Kier molecular flexibility index (Phi) is 3.11. The minimum atomic E-state index is 0.633. The molecule has 0 aliphatic heterocycles. The zero-order valence-electron chi connectivity index (χ0n) is 9.90. The molecule has 2 aromatic rings. The molecule has 0 atom stereocenters. The lowest BCUT2D eigenvalue weighted by molar-refractivity contribution is 0.414. The van der Waals surface area contributed by atoms with Crippen molar-refractivity contribution in [2.45, 2.75) is 6.92 Å². The first kappa shape index (κ1) is 11.2. The molecule has 17 heavy (non-hydrogen) atoms. The van der Waals surface area contributed by atoms with Crippen LogP contribution in [-0.2, 0) is 0 Å². The van der Waals surface area contributed by atoms with E-state index in [4.69, 9.17) is 10.00 Å². The number of methoxy groups -OCH3 is 1. The monoisotopic (exact) mass is 223 g/mol. The summed E-state index contributed by atoms with van der Waals surface area (Å²) in [5.41, 5.74) is 3.83. The standard InChI is InChI=1S/C15H13NO/c1-11-3-5-12(6-4-11)15-8-7-14(17-2)9-13(15)10-16/h3-9H,1-2H3. The summed E-state index contributed by atoms with van der Waals surface area (Å²) >= 11 is 0. The second-order valence-electron chi connectivity index (χ2n) is 3.89. The van der Waals surface area contributed by atoms with Crippen LogP contribution in [-0.4, -0.2) is 7.11 Å². The van der Waals surface area contributed by atoms with Gasteiger partial charge in [0.05, 0.1) is 18.7 Å². The van der Waals surface area contributed by atoms with E-state index in [1.54, 1.807) is 13.2 Å². The molecule has 0 bridgehead atoms. The van der Waals surface area contributed by atoms with Gasteiger partial charge >= 0.3 is 0 Å². The van der Waals surface area contributed by atoms with Gasteiger partial charge in [-0.2, -0.15) is 5.26 Å². The second-order valence-corrected chi connectivity index (χ2v) is 3.89. The van der Waals surface area contributed by atoms with E-state index >= 15 is 0 Å². The first-order valence-electron chi connectivity index (χ1n) is 5.40. The number of benzene rings is 2. The van der Waals surface area contributed by atoms with E-state index in [0.29, 0.717) is 11.3 Å². The van der Waals surface area contributed by atoms with E-state index in [-0.39, 0.29) is 0 Å². The Morgan fingerprint density at radius 3 is 2.35 bits per heavy atom. The lowest BCUT2D eigenvalue weighted by Crippen LogP contribution is -1.88. The number of nitrogens with zero attached hydrogens (tertiary/aromatic N) is 1. The molecule has 0 spiro atoms. The average Bonchev–Trinajstić information content (AvgIpc) is 2.39. The Morgan fingerprint density at radius 1 is 1.06 bits per heavy atom. The van der Waals surface area contributed by atoms with Gasteiger partial charge in [0.2, 0.25) is 0 Å². The quantitative estimate of drug-likeness (QED) is 0.780. The van der Waals surface area contributed by atoms with Crippen molar-refractivity contribution in [2.24, 2.45) is 0 Å². The number of nitriles is 1. The topological polar surface area (TPSA) is 33.0 Å². The molecular weight excluding hydrogens is 210 g/mol. The molecule has 0 N–H and O–H groups in total. The molecule has 2 rings (SSSR count). The van der Waals surface area contributed by atoms with Gasteiger partial charge in [0.25, 0.3) is 0 Å². The number of aryl methyl sites for hydroxylation is 1. The Bertz CT molecular complexity index is 564. The average molecular weight is 223 g/mol. The molecule has 0 radical (unpaired) electrons. The maximum absolute atomic E-state index is 9.15. The van der Waals surface area contributed by atoms with E-state index in [9.17, 15) is 0 Å². The Balaban J connectivity index is 2.52. The highest BCUT2D eigenvalue weighted by Gasteiger charge is 2.06. The summed E-state index contributed by atoms with van der Waals surface area (Å²) in [6.07, 6.45) is 0. The Hall–Kier alpha value is -2.27. The van der Waals surface area contributed by atoms with Crippen LogP contribution in [0.3, 0.4) is 0 Å². The van der Waals surface area contributed by atoms with Crippen LogP contribution in [0.25, 0.3) is 11.1 Å². The van der Waals surface area contributed by atoms with Crippen molar-refractivity contribution < 1.29 is 4.74 Å². The number of hydrogen-bond acceptors (Lipinski definition) is 2. The third kappa shape index (κ3) is 2.29. The van der Waals surface area contributed by atoms with E-state index in [1.165, 1.54) is 5.56 Å². The number of ether oxygens (including phenoxy) is 1. The molecule has 0 unspecified atom stereocenters. The Morgan fingerprint density at radius 2 is 1.76 bits per heavy atom. The SMILES string of the molecule is COc1ccc(-c2ccc(C)cc2)c(C#N)c1. The molecule has 2 aromatic carbocycles. The van der Waals surface area contributed by atoms with Crippen molar-refractivity contribution >= 4 is 0 Å². The fourth-order valence-electron chi connectivity index (χ4n) is 1.73. The van der Waals surface area contributed by atoms with Crippen LogP contribution in [0.2, 0.25) is 0 Å². The van der Waals surface area contributed by atoms with Crippen molar-refractivity contribution in [3.05, 3.63) is 53.6 Å². The zero-order valence-corrected chi connectivity index (χ0v) is 9.90. The van der Waals surface area contributed by atoms with Gasteiger partial charge in [-0.25, -0.2) is 0 Å². The third-order valence-corrected chi connectivity index (χ3v) is 2.71. The number of hydrogen-bond donors (Lipinski definition) is 0. The summed E-state index contributed by atoms with van der Waals surface area (Å²) in [4.78, 5) is 0. The molecule has 0 aliphatic rings. The van der Waals surface area contributed by atoms with Gasteiger partial charge in [-0.15, -0.1) is 0 Å². The summed E-state index contributed by atoms with van der Waals surface area (Å²) in [5.74, 6) is 0.706. The summed E-state index contributed by atoms with van der Waals surface area (Å²) in [6.45, 7) is 2.04. The lowest BCUT2D eigenvalue weighted by atomic mass is 9.99. The first-order valence-corrected chi connectivity index (χ1v) is 5.40. The van der Waals surface area contributed by atoms with Gasteiger partial charge in [0.15, 0.2) is 0 Å². The smallest absolute Gasteiger partial charge is 0.120 e. The van der Waals surface area contributed by atoms with E-state index in [2.05, 4.69) is 6.07 Å². The molecular formula is C15H13NO. The molecule has 0 heterocycles. The minimum Gasteiger partial charge on any atom is -0.497 e. The molecule has 0 saturated carbocycles. The van der Waals surface area contributed by atoms with Gasteiger partial charge < -0.3 is 4.74 Å². The maximum atomic E-state index is 9.15. The molecule has 2 heteroatoms. The highest BCUT2D eigenvalue weighted by Crippen LogP contribution is 2.27. The first-order chi connectivity index (χ1) is 8.24.